The standard InChI is InChI=1S/C9H8O3/c1-5-2-3-6-7(4-5)9(11)12-8(6)10/h2-4,9,11H,1H3/t9-/m0/s1. The Kier molecular flexibility index (Phi) is 1.41. The summed E-state index contributed by atoms with van der Waals surface area (Å²) in [7, 11) is 0. The number of aliphatic hydroxyl groups excluding tert-OH is 1. The quantitative estimate of drug-likeness (QED) is 0.585. The maximum Gasteiger partial charge on any atom is 0.341 e. The van der Waals surface area contributed by atoms with Crippen molar-refractivity contribution in [1.82, 2.24) is 0 Å². The number of esters is 1. The molecular weight excluding hydrogens is 156 g/mol. The largest absolute Gasteiger partial charge is 0.428 e. The average Bonchev–Trinajstić information content (AvgIpc) is 2.28. The van der Waals surface area contributed by atoms with Crippen LogP contribution in [0.2, 0.25) is 0 Å². The van der Waals surface area contributed by atoms with Gasteiger partial charge in [-0.1, -0.05) is 11.6 Å². The molecule has 0 fully saturated rings. The van der Waals surface area contributed by atoms with Crippen molar-refractivity contribution in [3.8, 4) is 0 Å². The Bertz CT molecular complexity index is 344. The number of rotatable bonds is 0. The molecule has 3 nitrogen and oxygen atoms in total. The zero-order valence-electron chi connectivity index (χ0n) is 6.57. The zero-order chi connectivity index (χ0) is 8.72. The number of hydrogen-bond donors (Lipinski definition) is 1. The predicted molar refractivity (Wildman–Crippen MR) is 41.6 cm³/mol. The van der Waals surface area contributed by atoms with Crippen LogP contribution in [0.3, 0.4) is 0 Å². The van der Waals surface area contributed by atoms with E-state index in [4.69, 9.17) is 0 Å². The average molecular weight is 164 g/mol. The van der Waals surface area contributed by atoms with Crippen LogP contribution in [-0.2, 0) is 4.74 Å². The van der Waals surface area contributed by atoms with Gasteiger partial charge in [-0.25, -0.2) is 4.79 Å². The molecule has 0 aromatic heterocycles. The molecule has 0 unspecified atom stereocenters. The zero-order valence-corrected chi connectivity index (χ0v) is 6.57. The molecule has 0 spiro atoms. The minimum atomic E-state index is -1.08. The second-order valence-corrected chi connectivity index (χ2v) is 2.85. The third-order valence-corrected chi connectivity index (χ3v) is 1.91. The second-order valence-electron chi connectivity index (χ2n) is 2.85. The molecule has 0 saturated heterocycles. The van der Waals surface area contributed by atoms with Gasteiger partial charge in [-0.15, -0.1) is 0 Å². The Morgan fingerprint density at radius 3 is 3.00 bits per heavy atom. The van der Waals surface area contributed by atoms with Gasteiger partial charge in [0.2, 0.25) is 6.29 Å². The predicted octanol–water partition coefficient (Wildman–Crippen LogP) is 1.16. The van der Waals surface area contributed by atoms with E-state index in [1.54, 1.807) is 12.1 Å². The fourth-order valence-corrected chi connectivity index (χ4v) is 1.30. The van der Waals surface area contributed by atoms with Crippen LogP contribution in [0.5, 0.6) is 0 Å². The Balaban J connectivity index is 2.60. The van der Waals surface area contributed by atoms with Gasteiger partial charge in [0.1, 0.15) is 0 Å². The SMILES string of the molecule is Cc1ccc2c(c1)[C@@H](O)OC2=O. The summed E-state index contributed by atoms with van der Waals surface area (Å²) in [5.41, 5.74) is 2.04. The van der Waals surface area contributed by atoms with Crippen LogP contribution >= 0.6 is 0 Å². The van der Waals surface area contributed by atoms with Crippen molar-refractivity contribution < 1.29 is 14.6 Å². The van der Waals surface area contributed by atoms with Gasteiger partial charge in [0, 0.05) is 5.56 Å². The number of carbonyl (C=O) groups is 1. The molecule has 1 aromatic carbocycles. The maximum atomic E-state index is 11.0. The first-order chi connectivity index (χ1) is 5.68. The number of ether oxygens (including phenoxy) is 1. The van der Waals surface area contributed by atoms with E-state index in [-0.39, 0.29) is 0 Å². The summed E-state index contributed by atoms with van der Waals surface area (Å²) in [6, 6.07) is 5.24. The topological polar surface area (TPSA) is 46.5 Å². The molecule has 12 heavy (non-hydrogen) atoms. The van der Waals surface area contributed by atoms with E-state index in [9.17, 15) is 9.90 Å². The Morgan fingerprint density at radius 2 is 2.25 bits per heavy atom. The fourth-order valence-electron chi connectivity index (χ4n) is 1.30. The van der Waals surface area contributed by atoms with Crippen molar-refractivity contribution >= 4 is 5.97 Å². The van der Waals surface area contributed by atoms with Gasteiger partial charge in [-0.05, 0) is 19.1 Å². The van der Waals surface area contributed by atoms with E-state index in [0.717, 1.165) is 5.56 Å². The minimum Gasteiger partial charge on any atom is -0.428 e. The van der Waals surface area contributed by atoms with Crippen LogP contribution in [0.1, 0.15) is 27.8 Å². The Labute approximate surface area is 69.6 Å². The van der Waals surface area contributed by atoms with Crippen LogP contribution in [0.15, 0.2) is 18.2 Å². The van der Waals surface area contributed by atoms with Crippen LogP contribution in [-0.4, -0.2) is 11.1 Å². The number of hydrogen-bond acceptors (Lipinski definition) is 3. The summed E-state index contributed by atoms with van der Waals surface area (Å²) in [5.74, 6) is -0.447. The number of carbonyl (C=O) groups excluding carboxylic acids is 1. The van der Waals surface area contributed by atoms with Crippen molar-refractivity contribution in [3.63, 3.8) is 0 Å². The summed E-state index contributed by atoms with van der Waals surface area (Å²) in [6.07, 6.45) is -1.08. The molecule has 2 rings (SSSR count). The molecule has 1 aliphatic heterocycles. The lowest BCUT2D eigenvalue weighted by Crippen LogP contribution is -1.95. The van der Waals surface area contributed by atoms with Gasteiger partial charge < -0.3 is 9.84 Å². The first kappa shape index (κ1) is 7.31. The van der Waals surface area contributed by atoms with Crippen molar-refractivity contribution in [1.29, 1.82) is 0 Å². The van der Waals surface area contributed by atoms with Gasteiger partial charge >= 0.3 is 5.97 Å². The first-order valence-electron chi connectivity index (χ1n) is 3.68. The molecule has 0 saturated carbocycles. The van der Waals surface area contributed by atoms with Crippen LogP contribution in [0, 0.1) is 6.92 Å². The molecule has 0 radical (unpaired) electrons. The Morgan fingerprint density at radius 1 is 1.50 bits per heavy atom. The highest BCUT2D eigenvalue weighted by atomic mass is 16.6. The molecule has 0 bridgehead atoms. The van der Waals surface area contributed by atoms with Crippen molar-refractivity contribution in [3.05, 3.63) is 34.9 Å². The van der Waals surface area contributed by atoms with Crippen LogP contribution in [0.4, 0.5) is 0 Å². The number of aryl methyl sites for hydroxylation is 1. The monoisotopic (exact) mass is 164 g/mol. The number of aliphatic hydroxyl groups is 1. The molecular formula is C9H8O3. The Hall–Kier alpha value is -1.35. The van der Waals surface area contributed by atoms with Crippen LogP contribution in [0.25, 0.3) is 0 Å². The first-order valence-corrected chi connectivity index (χ1v) is 3.68. The summed E-state index contributed by atoms with van der Waals surface area (Å²) in [4.78, 5) is 11.0. The fraction of sp³-hybridized carbons (Fsp3) is 0.222. The molecule has 1 N–H and O–H groups in total. The van der Waals surface area contributed by atoms with Crippen molar-refractivity contribution in [2.45, 2.75) is 13.2 Å². The van der Waals surface area contributed by atoms with Crippen molar-refractivity contribution in [2.75, 3.05) is 0 Å². The number of cyclic esters (lactones) is 1. The molecule has 0 amide bonds. The van der Waals surface area contributed by atoms with Gasteiger partial charge in [0.15, 0.2) is 0 Å². The van der Waals surface area contributed by atoms with Crippen LogP contribution < -0.4 is 0 Å². The van der Waals surface area contributed by atoms with E-state index in [0.29, 0.717) is 11.1 Å². The molecule has 1 aromatic rings. The lowest BCUT2D eigenvalue weighted by Gasteiger charge is -2.00. The number of benzene rings is 1. The highest BCUT2D eigenvalue weighted by Gasteiger charge is 2.28. The summed E-state index contributed by atoms with van der Waals surface area (Å²) in [6.45, 7) is 1.90. The van der Waals surface area contributed by atoms with E-state index in [2.05, 4.69) is 4.74 Å². The van der Waals surface area contributed by atoms with E-state index < -0.39 is 12.3 Å². The third kappa shape index (κ3) is 0.905. The lowest BCUT2D eigenvalue weighted by atomic mass is 10.1. The smallest absolute Gasteiger partial charge is 0.341 e. The van der Waals surface area contributed by atoms with Gasteiger partial charge in [-0.2, -0.15) is 0 Å². The molecule has 0 aliphatic carbocycles. The van der Waals surface area contributed by atoms with E-state index in [1.165, 1.54) is 0 Å². The van der Waals surface area contributed by atoms with Gasteiger partial charge in [-0.3, -0.25) is 0 Å². The maximum absolute atomic E-state index is 11.0. The molecule has 1 heterocycles. The summed E-state index contributed by atoms with van der Waals surface area (Å²) in [5, 5.41) is 9.23. The molecule has 1 aliphatic rings. The highest BCUT2D eigenvalue weighted by molar-refractivity contribution is 5.93. The van der Waals surface area contributed by atoms with Crippen molar-refractivity contribution in [2.24, 2.45) is 0 Å². The number of fused-ring (bicyclic) bond motifs is 1. The lowest BCUT2D eigenvalue weighted by molar-refractivity contribution is -0.0548. The summed E-state index contributed by atoms with van der Waals surface area (Å²) >= 11 is 0. The minimum absolute atomic E-state index is 0.447. The highest BCUT2D eigenvalue weighted by Crippen LogP contribution is 2.28. The molecule has 1 atom stereocenters. The van der Waals surface area contributed by atoms with Gasteiger partial charge in [0.05, 0.1) is 5.56 Å². The van der Waals surface area contributed by atoms with Gasteiger partial charge in [0.25, 0.3) is 0 Å². The third-order valence-electron chi connectivity index (χ3n) is 1.91. The van der Waals surface area contributed by atoms with E-state index in [1.807, 2.05) is 13.0 Å². The summed E-state index contributed by atoms with van der Waals surface area (Å²) < 4.78 is 4.60. The molecule has 62 valence electrons. The molecule has 3 heteroatoms. The van der Waals surface area contributed by atoms with E-state index >= 15 is 0 Å². The second kappa shape index (κ2) is 2.32. The normalized spacial score (nSPS) is 20.5.